The number of amides is 1. The van der Waals surface area contributed by atoms with Crippen molar-refractivity contribution in [1.29, 1.82) is 0 Å². The molecule has 142 valence electrons. The van der Waals surface area contributed by atoms with Gasteiger partial charge in [0.25, 0.3) is 5.91 Å². The Morgan fingerprint density at radius 1 is 1.04 bits per heavy atom. The molecule has 26 heavy (non-hydrogen) atoms. The van der Waals surface area contributed by atoms with Gasteiger partial charge in [0.1, 0.15) is 17.1 Å². The molecule has 0 saturated carbocycles. The second-order valence-electron chi connectivity index (χ2n) is 7.03. The Bertz CT molecular complexity index is 626. The molecular formula is C21H30N2O3. The second kappa shape index (κ2) is 9.08. The molecule has 0 radical (unpaired) electrons. The fraction of sp³-hybridized carbons (Fsp3) is 0.571. The minimum atomic E-state index is -0.00561. The molecule has 0 N–H and O–H groups in total. The van der Waals surface area contributed by atoms with Crippen LogP contribution in [0.4, 0.5) is 0 Å². The van der Waals surface area contributed by atoms with Crippen LogP contribution in [0.5, 0.6) is 11.5 Å². The van der Waals surface area contributed by atoms with Crippen molar-refractivity contribution in [3.8, 4) is 11.5 Å². The zero-order valence-corrected chi connectivity index (χ0v) is 16.0. The Morgan fingerprint density at radius 2 is 1.73 bits per heavy atom. The van der Waals surface area contributed by atoms with E-state index in [0.717, 1.165) is 32.7 Å². The van der Waals surface area contributed by atoms with Crippen LogP contribution in [0.3, 0.4) is 0 Å². The van der Waals surface area contributed by atoms with Crippen LogP contribution in [0.1, 0.15) is 42.5 Å². The van der Waals surface area contributed by atoms with Gasteiger partial charge in [-0.2, -0.15) is 0 Å². The Morgan fingerprint density at radius 3 is 2.31 bits per heavy atom. The third-order valence-corrected chi connectivity index (χ3v) is 5.44. The maximum absolute atomic E-state index is 13.0. The Labute approximate surface area is 156 Å². The smallest absolute Gasteiger partial charge is 0.261 e. The van der Waals surface area contributed by atoms with Crippen molar-refractivity contribution < 1.29 is 14.3 Å². The first-order valence-corrected chi connectivity index (χ1v) is 9.63. The number of rotatable bonds is 6. The fourth-order valence-electron chi connectivity index (χ4n) is 3.83. The fourth-order valence-corrected chi connectivity index (χ4v) is 3.83. The molecule has 0 aromatic heterocycles. The molecule has 3 rings (SSSR count). The molecular weight excluding hydrogens is 328 g/mol. The largest absolute Gasteiger partial charge is 0.496 e. The molecule has 0 atom stereocenters. The average molecular weight is 358 g/mol. The lowest BCUT2D eigenvalue weighted by Gasteiger charge is -2.35. The second-order valence-corrected chi connectivity index (χ2v) is 7.03. The van der Waals surface area contributed by atoms with E-state index in [2.05, 4.69) is 11.0 Å². The van der Waals surface area contributed by atoms with Gasteiger partial charge < -0.3 is 14.4 Å². The predicted molar refractivity (Wildman–Crippen MR) is 103 cm³/mol. The van der Waals surface area contributed by atoms with Gasteiger partial charge >= 0.3 is 0 Å². The Hall–Kier alpha value is -2.01. The summed E-state index contributed by atoms with van der Waals surface area (Å²) in [6.07, 6.45) is 8.81. The van der Waals surface area contributed by atoms with Crippen molar-refractivity contribution >= 4 is 5.91 Å². The lowest BCUT2D eigenvalue weighted by molar-refractivity contribution is 0.0631. The number of nitrogens with zero attached hydrogens (tertiary/aromatic N) is 2. The molecule has 1 aromatic rings. The van der Waals surface area contributed by atoms with E-state index in [1.54, 1.807) is 19.8 Å². The number of hydrogen-bond donors (Lipinski definition) is 0. The molecule has 1 aliphatic carbocycles. The first kappa shape index (κ1) is 18.8. The summed E-state index contributed by atoms with van der Waals surface area (Å²) in [4.78, 5) is 17.4. The minimum Gasteiger partial charge on any atom is -0.496 e. The van der Waals surface area contributed by atoms with Crippen LogP contribution in [0, 0.1) is 0 Å². The van der Waals surface area contributed by atoms with Crippen molar-refractivity contribution in [3.63, 3.8) is 0 Å². The molecule has 5 nitrogen and oxygen atoms in total. The first-order chi connectivity index (χ1) is 12.7. The van der Waals surface area contributed by atoms with E-state index < -0.39 is 0 Å². The standard InChI is InChI=1S/C21H30N2O3/c1-25-18-9-6-10-19(26-2)20(18)21(24)23-15-13-22(14-16-23)12-11-17-7-4-3-5-8-17/h6-7,9-10H,3-5,8,11-16H2,1-2H3. The van der Waals surface area contributed by atoms with E-state index in [1.165, 1.54) is 32.1 Å². The van der Waals surface area contributed by atoms with Crippen molar-refractivity contribution in [1.82, 2.24) is 9.80 Å². The highest BCUT2D eigenvalue weighted by Crippen LogP contribution is 2.30. The third-order valence-electron chi connectivity index (χ3n) is 5.44. The van der Waals surface area contributed by atoms with Crippen LogP contribution < -0.4 is 9.47 Å². The predicted octanol–water partition coefficient (Wildman–Crippen LogP) is 3.35. The molecule has 1 heterocycles. The number of methoxy groups -OCH3 is 2. The van der Waals surface area contributed by atoms with Gasteiger partial charge in [0.05, 0.1) is 14.2 Å². The van der Waals surface area contributed by atoms with Gasteiger partial charge in [-0.05, 0) is 44.2 Å². The van der Waals surface area contributed by atoms with Gasteiger partial charge in [-0.1, -0.05) is 17.7 Å². The molecule has 0 spiro atoms. The maximum Gasteiger partial charge on any atom is 0.261 e. The van der Waals surface area contributed by atoms with Gasteiger partial charge in [0, 0.05) is 32.7 Å². The summed E-state index contributed by atoms with van der Waals surface area (Å²) < 4.78 is 10.8. The number of allylic oxidation sites excluding steroid dienone is 1. The molecule has 1 fully saturated rings. The van der Waals surface area contributed by atoms with Crippen molar-refractivity contribution in [3.05, 3.63) is 35.4 Å². The topological polar surface area (TPSA) is 42.0 Å². The molecule has 0 unspecified atom stereocenters. The number of hydrogen-bond acceptors (Lipinski definition) is 4. The first-order valence-electron chi connectivity index (χ1n) is 9.63. The quantitative estimate of drug-likeness (QED) is 0.732. The number of benzene rings is 1. The van der Waals surface area contributed by atoms with E-state index in [1.807, 2.05) is 23.1 Å². The molecule has 1 aliphatic heterocycles. The number of piperazine rings is 1. The number of ether oxygens (including phenoxy) is 2. The summed E-state index contributed by atoms with van der Waals surface area (Å²) >= 11 is 0. The normalized spacial score (nSPS) is 18.4. The van der Waals surface area contributed by atoms with E-state index in [-0.39, 0.29) is 5.91 Å². The summed E-state index contributed by atoms with van der Waals surface area (Å²) in [7, 11) is 3.17. The highest BCUT2D eigenvalue weighted by atomic mass is 16.5. The van der Waals surface area contributed by atoms with E-state index in [0.29, 0.717) is 17.1 Å². The molecule has 0 bridgehead atoms. The molecule has 1 saturated heterocycles. The van der Waals surface area contributed by atoms with Gasteiger partial charge in [0.15, 0.2) is 0 Å². The monoisotopic (exact) mass is 358 g/mol. The zero-order chi connectivity index (χ0) is 18.4. The molecule has 1 aromatic carbocycles. The Balaban J connectivity index is 1.56. The number of carbonyl (C=O) groups is 1. The van der Waals surface area contributed by atoms with Gasteiger partial charge in [0.2, 0.25) is 0 Å². The maximum atomic E-state index is 13.0. The number of carbonyl (C=O) groups excluding carboxylic acids is 1. The summed E-state index contributed by atoms with van der Waals surface area (Å²) in [6.45, 7) is 4.46. The average Bonchev–Trinajstić information content (AvgIpc) is 2.72. The van der Waals surface area contributed by atoms with Crippen molar-refractivity contribution in [2.24, 2.45) is 0 Å². The molecule has 1 amide bonds. The van der Waals surface area contributed by atoms with Crippen LogP contribution in [0.2, 0.25) is 0 Å². The summed E-state index contributed by atoms with van der Waals surface area (Å²) in [6, 6.07) is 5.46. The minimum absolute atomic E-state index is 0.00561. The van der Waals surface area contributed by atoms with Crippen LogP contribution in [0.25, 0.3) is 0 Å². The Kier molecular flexibility index (Phi) is 6.56. The van der Waals surface area contributed by atoms with E-state index in [9.17, 15) is 4.79 Å². The van der Waals surface area contributed by atoms with E-state index >= 15 is 0 Å². The van der Waals surface area contributed by atoms with Crippen LogP contribution >= 0.6 is 0 Å². The lowest BCUT2D eigenvalue weighted by atomic mass is 9.97. The summed E-state index contributed by atoms with van der Waals surface area (Å²) in [5.41, 5.74) is 2.15. The summed E-state index contributed by atoms with van der Waals surface area (Å²) in [5.74, 6) is 1.14. The van der Waals surface area contributed by atoms with Gasteiger partial charge in [-0.3, -0.25) is 9.69 Å². The SMILES string of the molecule is COc1cccc(OC)c1C(=O)N1CCN(CCC2=CCCCC2)CC1. The van der Waals surface area contributed by atoms with E-state index in [4.69, 9.17) is 9.47 Å². The van der Waals surface area contributed by atoms with Crippen molar-refractivity contribution in [2.75, 3.05) is 46.9 Å². The molecule has 2 aliphatic rings. The van der Waals surface area contributed by atoms with Crippen LogP contribution in [0.15, 0.2) is 29.8 Å². The lowest BCUT2D eigenvalue weighted by Crippen LogP contribution is -2.49. The van der Waals surface area contributed by atoms with Gasteiger partial charge in [-0.15, -0.1) is 0 Å². The van der Waals surface area contributed by atoms with Crippen LogP contribution in [-0.2, 0) is 0 Å². The highest BCUT2D eigenvalue weighted by molar-refractivity contribution is 5.99. The summed E-state index contributed by atoms with van der Waals surface area (Å²) in [5, 5.41) is 0. The zero-order valence-electron chi connectivity index (χ0n) is 16.0. The van der Waals surface area contributed by atoms with Crippen LogP contribution in [-0.4, -0.2) is 62.7 Å². The molecule has 5 heteroatoms. The highest BCUT2D eigenvalue weighted by Gasteiger charge is 2.27. The third kappa shape index (κ3) is 4.39. The van der Waals surface area contributed by atoms with Gasteiger partial charge in [-0.25, -0.2) is 0 Å². The van der Waals surface area contributed by atoms with Crippen molar-refractivity contribution in [2.45, 2.75) is 32.1 Å².